The largest absolute Gasteiger partial charge is 0.325 e. The number of carbonyl (C=O) groups excluding carboxylic acids is 1. The first-order valence-corrected chi connectivity index (χ1v) is 11.8. The molecule has 31 heavy (non-hydrogen) atoms. The molecule has 1 atom stereocenters. The average Bonchev–Trinajstić information content (AvgIpc) is 3.04. The lowest BCUT2D eigenvalue weighted by Gasteiger charge is -2.12. The van der Waals surface area contributed by atoms with Gasteiger partial charge in [-0.05, 0) is 37.6 Å². The number of hydrogen-bond donors (Lipinski definition) is 2. The lowest BCUT2D eigenvalue weighted by molar-refractivity contribution is -0.115. The molecule has 1 unspecified atom stereocenters. The van der Waals surface area contributed by atoms with Crippen LogP contribution in [0.2, 0.25) is 10.0 Å². The summed E-state index contributed by atoms with van der Waals surface area (Å²) in [5, 5.41) is 4.11. The van der Waals surface area contributed by atoms with Crippen LogP contribution >= 0.6 is 46.3 Å². The van der Waals surface area contributed by atoms with E-state index >= 15 is 0 Å². The molecule has 4 rings (SSSR count). The van der Waals surface area contributed by atoms with Gasteiger partial charge in [-0.15, -0.1) is 11.3 Å². The van der Waals surface area contributed by atoms with Gasteiger partial charge in [0.2, 0.25) is 5.91 Å². The van der Waals surface area contributed by atoms with E-state index in [1.165, 1.54) is 23.1 Å². The van der Waals surface area contributed by atoms with Crippen LogP contribution in [0.5, 0.6) is 0 Å². The van der Waals surface area contributed by atoms with E-state index in [0.717, 1.165) is 16.0 Å². The van der Waals surface area contributed by atoms with E-state index in [9.17, 15) is 9.59 Å². The highest BCUT2D eigenvalue weighted by atomic mass is 35.5. The van der Waals surface area contributed by atoms with E-state index in [2.05, 4.69) is 15.3 Å². The second kappa shape index (κ2) is 9.04. The fourth-order valence-corrected chi connectivity index (χ4v) is 5.62. The van der Waals surface area contributed by atoms with Crippen LogP contribution in [0.4, 0.5) is 5.69 Å². The number of halogens is 2. The van der Waals surface area contributed by atoms with Gasteiger partial charge in [0.05, 0.1) is 10.6 Å². The second-order valence-corrected chi connectivity index (χ2v) is 10.3. The smallest absolute Gasteiger partial charge is 0.260 e. The lowest BCUT2D eigenvalue weighted by atomic mass is 10.0. The van der Waals surface area contributed by atoms with Crippen molar-refractivity contribution in [1.82, 2.24) is 9.97 Å². The van der Waals surface area contributed by atoms with Crippen molar-refractivity contribution in [1.29, 1.82) is 0 Å². The molecule has 158 valence electrons. The van der Waals surface area contributed by atoms with Crippen molar-refractivity contribution in [2.45, 2.75) is 24.3 Å². The number of anilines is 1. The first-order chi connectivity index (χ1) is 14.8. The number of thiophene rings is 1. The first kappa shape index (κ1) is 21.9. The van der Waals surface area contributed by atoms with Crippen molar-refractivity contribution in [3.63, 3.8) is 0 Å². The normalized spacial score (nSPS) is 12.1. The third kappa shape index (κ3) is 4.80. The zero-order chi connectivity index (χ0) is 22.1. The van der Waals surface area contributed by atoms with Crippen molar-refractivity contribution < 1.29 is 4.79 Å². The second-order valence-electron chi connectivity index (χ2n) is 6.86. The van der Waals surface area contributed by atoms with E-state index < -0.39 is 5.25 Å². The van der Waals surface area contributed by atoms with Crippen LogP contribution in [-0.2, 0) is 4.79 Å². The number of aryl methyl sites for hydroxylation is 1. The maximum absolute atomic E-state index is 12.9. The molecule has 0 spiro atoms. The number of nitrogens with zero attached hydrogens (tertiary/aromatic N) is 1. The summed E-state index contributed by atoms with van der Waals surface area (Å²) in [6.07, 6.45) is 0. The summed E-state index contributed by atoms with van der Waals surface area (Å²) < 4.78 is 0. The molecule has 2 heterocycles. The molecule has 0 aliphatic rings. The Morgan fingerprint density at radius 2 is 1.84 bits per heavy atom. The summed E-state index contributed by atoms with van der Waals surface area (Å²) in [5.74, 6) is -0.251. The SMILES string of the molecule is Cc1sc2nc(SC(C)C(=O)Nc3cc(Cl)cc(Cl)c3)[nH]c(=O)c2c1-c1ccccc1. The predicted octanol–water partition coefficient (Wildman–Crippen LogP) is 6.39. The zero-order valence-electron chi connectivity index (χ0n) is 16.5. The quantitative estimate of drug-likeness (QED) is 0.251. The Bertz CT molecular complexity index is 1320. The van der Waals surface area contributed by atoms with Gasteiger partial charge in [0, 0.05) is 26.2 Å². The summed E-state index contributed by atoms with van der Waals surface area (Å²) in [7, 11) is 0. The average molecular weight is 490 g/mol. The van der Waals surface area contributed by atoms with Crippen LogP contribution in [0.1, 0.15) is 11.8 Å². The van der Waals surface area contributed by atoms with E-state index in [1.807, 2.05) is 37.3 Å². The number of aromatic nitrogens is 2. The number of H-pyrrole nitrogens is 1. The van der Waals surface area contributed by atoms with E-state index in [-0.39, 0.29) is 11.5 Å². The highest BCUT2D eigenvalue weighted by Crippen LogP contribution is 2.36. The highest BCUT2D eigenvalue weighted by molar-refractivity contribution is 8.00. The zero-order valence-corrected chi connectivity index (χ0v) is 19.7. The number of hydrogen-bond acceptors (Lipinski definition) is 5. The molecular weight excluding hydrogens is 473 g/mol. The van der Waals surface area contributed by atoms with Gasteiger partial charge in [-0.1, -0.05) is 65.3 Å². The Kier molecular flexibility index (Phi) is 6.39. The molecule has 0 bridgehead atoms. The van der Waals surface area contributed by atoms with Crippen molar-refractivity contribution in [3.8, 4) is 11.1 Å². The molecule has 2 aromatic carbocycles. The van der Waals surface area contributed by atoms with Crippen molar-refractivity contribution in [2.24, 2.45) is 0 Å². The number of rotatable bonds is 5. The van der Waals surface area contributed by atoms with Crippen LogP contribution in [0, 0.1) is 6.92 Å². The monoisotopic (exact) mass is 489 g/mol. The molecule has 0 aliphatic heterocycles. The highest BCUT2D eigenvalue weighted by Gasteiger charge is 2.20. The number of thioether (sulfide) groups is 1. The lowest BCUT2D eigenvalue weighted by Crippen LogP contribution is -2.23. The minimum Gasteiger partial charge on any atom is -0.325 e. The number of carbonyl (C=O) groups is 1. The maximum Gasteiger partial charge on any atom is 0.260 e. The summed E-state index contributed by atoms with van der Waals surface area (Å²) >= 11 is 14.6. The molecule has 0 saturated heterocycles. The van der Waals surface area contributed by atoms with Crippen molar-refractivity contribution in [2.75, 3.05) is 5.32 Å². The molecule has 2 aromatic heterocycles. The minimum atomic E-state index is -0.506. The van der Waals surface area contributed by atoms with Crippen molar-refractivity contribution in [3.05, 3.63) is 73.8 Å². The summed E-state index contributed by atoms with van der Waals surface area (Å²) in [4.78, 5) is 34.6. The third-order valence-electron chi connectivity index (χ3n) is 4.57. The van der Waals surface area contributed by atoms with Gasteiger partial charge in [-0.2, -0.15) is 0 Å². The number of amides is 1. The van der Waals surface area contributed by atoms with Gasteiger partial charge < -0.3 is 10.3 Å². The molecule has 0 aliphatic carbocycles. The third-order valence-corrected chi connectivity index (χ3v) is 6.99. The fourth-order valence-electron chi connectivity index (χ4n) is 3.20. The van der Waals surface area contributed by atoms with E-state index in [4.69, 9.17) is 23.2 Å². The summed E-state index contributed by atoms with van der Waals surface area (Å²) in [6, 6.07) is 14.6. The Balaban J connectivity index is 1.59. The van der Waals surface area contributed by atoms with Gasteiger partial charge in [-0.3, -0.25) is 9.59 Å². The molecule has 4 aromatic rings. The number of aromatic amines is 1. The summed E-state index contributed by atoms with van der Waals surface area (Å²) in [6.45, 7) is 3.72. The molecule has 2 N–H and O–H groups in total. The Morgan fingerprint density at radius 3 is 2.52 bits per heavy atom. The Labute approximate surface area is 196 Å². The minimum absolute atomic E-state index is 0.218. The van der Waals surface area contributed by atoms with Crippen LogP contribution in [0.3, 0.4) is 0 Å². The van der Waals surface area contributed by atoms with Crippen molar-refractivity contribution >= 4 is 68.1 Å². The van der Waals surface area contributed by atoms with Gasteiger partial charge in [0.25, 0.3) is 5.56 Å². The topological polar surface area (TPSA) is 74.8 Å². The molecule has 0 fully saturated rings. The predicted molar refractivity (Wildman–Crippen MR) is 131 cm³/mol. The molecule has 1 amide bonds. The van der Waals surface area contributed by atoms with E-state index in [1.54, 1.807) is 25.1 Å². The first-order valence-electron chi connectivity index (χ1n) is 9.34. The van der Waals surface area contributed by atoms with Crippen LogP contribution in [0.15, 0.2) is 58.5 Å². The van der Waals surface area contributed by atoms with Gasteiger partial charge >= 0.3 is 0 Å². The molecular formula is C22H17Cl2N3O2S2. The molecule has 0 saturated carbocycles. The number of benzene rings is 2. The summed E-state index contributed by atoms with van der Waals surface area (Å²) in [5.41, 5.74) is 2.17. The van der Waals surface area contributed by atoms with Gasteiger partial charge in [-0.25, -0.2) is 4.98 Å². The molecule has 5 nitrogen and oxygen atoms in total. The van der Waals surface area contributed by atoms with E-state index in [0.29, 0.717) is 31.1 Å². The standard InChI is InChI=1S/C22H17Cl2N3O2S2/c1-11-17(13-6-4-3-5-7-13)18-20(29)26-22(27-21(18)30-11)31-12(2)19(28)25-16-9-14(23)8-15(24)10-16/h3-10,12H,1-2H3,(H,25,28)(H,26,27,29). The molecule has 9 heteroatoms. The van der Waals surface area contributed by atoms with Gasteiger partial charge in [0.15, 0.2) is 5.16 Å². The number of nitrogens with one attached hydrogen (secondary N) is 2. The van der Waals surface area contributed by atoms with Crippen LogP contribution < -0.4 is 10.9 Å². The fraction of sp³-hybridized carbons (Fsp3) is 0.136. The van der Waals surface area contributed by atoms with Crippen LogP contribution in [-0.4, -0.2) is 21.1 Å². The maximum atomic E-state index is 12.9. The number of fused-ring (bicyclic) bond motifs is 1. The van der Waals surface area contributed by atoms with Crippen LogP contribution in [0.25, 0.3) is 21.3 Å². The Morgan fingerprint density at radius 1 is 1.16 bits per heavy atom. The van der Waals surface area contributed by atoms with Gasteiger partial charge in [0.1, 0.15) is 4.83 Å². The Hall–Kier alpha value is -2.32. The molecule has 0 radical (unpaired) electrons.